The topological polar surface area (TPSA) is 39.4 Å². The Kier molecular flexibility index (Phi) is 3.28. The minimum atomic E-state index is -0.145. The molecule has 0 spiro atoms. The minimum Gasteiger partial charge on any atom is -0.382 e. The van der Waals surface area contributed by atoms with Gasteiger partial charge in [-0.2, -0.15) is 5.10 Å². The summed E-state index contributed by atoms with van der Waals surface area (Å²) < 4.78 is 6.82. The van der Waals surface area contributed by atoms with E-state index in [1.165, 1.54) is 0 Å². The molecule has 0 aromatic carbocycles. The second-order valence-electron chi connectivity index (χ2n) is 4.11. The van der Waals surface area contributed by atoms with Crippen LogP contribution < -0.4 is 0 Å². The number of hydrogen-bond acceptors (Lipinski definition) is 4. The lowest BCUT2D eigenvalue weighted by atomic mass is 10.1. The number of hydrogen-bond donors (Lipinski definition) is 0. The maximum Gasteiger partial charge on any atom is 0.136 e. The van der Waals surface area contributed by atoms with Gasteiger partial charge in [-0.15, -0.1) is 11.8 Å². The number of methoxy groups -OCH3 is 1. The maximum atomic E-state index is 6.13. The van der Waals surface area contributed by atoms with Crippen molar-refractivity contribution in [2.24, 2.45) is 12.0 Å². The second-order valence-corrected chi connectivity index (χ2v) is 5.43. The average molecular weight is 260 g/mol. The third kappa shape index (κ3) is 2.12. The van der Waals surface area contributed by atoms with Gasteiger partial charge in [-0.1, -0.05) is 11.6 Å². The largest absolute Gasteiger partial charge is 0.382 e. The number of aliphatic imine (C=N–C) groups is 1. The van der Waals surface area contributed by atoms with Gasteiger partial charge in [0.15, 0.2) is 0 Å². The van der Waals surface area contributed by atoms with Crippen LogP contribution in [0.1, 0.15) is 12.5 Å². The van der Waals surface area contributed by atoms with Crippen LogP contribution in [-0.2, 0) is 11.8 Å². The molecule has 1 aromatic rings. The Morgan fingerprint density at radius 2 is 2.44 bits per heavy atom. The number of nitrogens with zero attached hydrogens (tertiary/aromatic N) is 3. The maximum absolute atomic E-state index is 6.13. The normalized spacial score (nSPS) is 24.9. The molecule has 0 saturated carbocycles. The summed E-state index contributed by atoms with van der Waals surface area (Å²) in [6, 6.07) is 0. The number of aryl methyl sites for hydroxylation is 1. The highest BCUT2D eigenvalue weighted by atomic mass is 35.5. The predicted octanol–water partition coefficient (Wildman–Crippen LogP) is 1.97. The van der Waals surface area contributed by atoms with E-state index in [9.17, 15) is 0 Å². The zero-order valence-corrected chi connectivity index (χ0v) is 11.1. The van der Waals surface area contributed by atoms with Crippen LogP contribution in [0.3, 0.4) is 0 Å². The van der Waals surface area contributed by atoms with Crippen molar-refractivity contribution in [1.82, 2.24) is 9.78 Å². The van der Waals surface area contributed by atoms with Crippen molar-refractivity contribution in [3.8, 4) is 0 Å². The summed E-state index contributed by atoms with van der Waals surface area (Å²) in [4.78, 5) is 4.67. The van der Waals surface area contributed by atoms with Gasteiger partial charge in [-0.3, -0.25) is 9.67 Å². The van der Waals surface area contributed by atoms with E-state index >= 15 is 0 Å². The molecule has 16 heavy (non-hydrogen) atoms. The quantitative estimate of drug-likeness (QED) is 0.833. The van der Waals surface area contributed by atoms with Crippen molar-refractivity contribution in [2.45, 2.75) is 12.5 Å². The fraction of sp³-hybridized carbons (Fsp3) is 0.600. The SMILES string of the molecule is COCC1(C)CSC(c2cnn(C)c2Cl)=N1. The molecule has 1 atom stereocenters. The monoisotopic (exact) mass is 259 g/mol. The van der Waals surface area contributed by atoms with Crippen molar-refractivity contribution < 1.29 is 4.74 Å². The predicted molar refractivity (Wildman–Crippen MR) is 67.5 cm³/mol. The molecule has 2 rings (SSSR count). The number of aromatic nitrogens is 2. The van der Waals surface area contributed by atoms with Gasteiger partial charge in [0, 0.05) is 19.9 Å². The van der Waals surface area contributed by atoms with Gasteiger partial charge in [0.2, 0.25) is 0 Å². The summed E-state index contributed by atoms with van der Waals surface area (Å²) >= 11 is 7.84. The van der Waals surface area contributed by atoms with Crippen molar-refractivity contribution >= 4 is 28.4 Å². The van der Waals surface area contributed by atoms with Crippen LogP contribution in [0, 0.1) is 0 Å². The summed E-state index contributed by atoms with van der Waals surface area (Å²) in [5.74, 6) is 0.918. The number of ether oxygens (including phenoxy) is 1. The molecule has 0 fully saturated rings. The van der Waals surface area contributed by atoms with Crippen molar-refractivity contribution in [1.29, 1.82) is 0 Å². The van der Waals surface area contributed by atoms with Crippen molar-refractivity contribution in [3.05, 3.63) is 16.9 Å². The standard InChI is InChI=1S/C10H14ClN3OS/c1-10(5-15-3)6-16-9(13-10)7-4-12-14(2)8(7)11/h4H,5-6H2,1-3H3. The molecule has 2 heterocycles. The number of halogens is 1. The van der Waals surface area contributed by atoms with E-state index in [4.69, 9.17) is 16.3 Å². The molecule has 1 unspecified atom stereocenters. The molecule has 1 aliphatic rings. The summed E-state index contributed by atoms with van der Waals surface area (Å²) in [5.41, 5.74) is 0.766. The molecule has 0 N–H and O–H groups in total. The van der Waals surface area contributed by atoms with E-state index in [1.807, 2.05) is 7.05 Å². The summed E-state index contributed by atoms with van der Waals surface area (Å²) in [6.45, 7) is 2.71. The highest BCUT2D eigenvalue weighted by molar-refractivity contribution is 8.14. The van der Waals surface area contributed by atoms with Gasteiger partial charge in [-0.05, 0) is 6.92 Å². The Morgan fingerprint density at radius 3 is 3.00 bits per heavy atom. The van der Waals surface area contributed by atoms with Gasteiger partial charge >= 0.3 is 0 Å². The zero-order chi connectivity index (χ0) is 11.8. The first kappa shape index (κ1) is 12.0. The molecular formula is C10H14ClN3OS. The van der Waals surface area contributed by atoms with E-state index in [0.29, 0.717) is 11.8 Å². The molecule has 0 radical (unpaired) electrons. The van der Waals surface area contributed by atoms with E-state index in [1.54, 1.807) is 29.8 Å². The van der Waals surface area contributed by atoms with Gasteiger partial charge in [0.05, 0.1) is 23.9 Å². The molecule has 0 amide bonds. The Hall–Kier alpha value is -0.520. The van der Waals surface area contributed by atoms with Crippen LogP contribution in [-0.4, -0.2) is 39.8 Å². The highest BCUT2D eigenvalue weighted by Crippen LogP contribution is 2.33. The fourth-order valence-electron chi connectivity index (χ4n) is 1.62. The third-order valence-corrected chi connectivity index (χ3v) is 4.24. The van der Waals surface area contributed by atoms with Crippen LogP contribution in [0.5, 0.6) is 0 Å². The molecule has 88 valence electrons. The average Bonchev–Trinajstić information content (AvgIpc) is 2.74. The van der Waals surface area contributed by atoms with Gasteiger partial charge in [-0.25, -0.2) is 0 Å². The second kappa shape index (κ2) is 4.39. The Balaban J connectivity index is 2.27. The lowest BCUT2D eigenvalue weighted by Crippen LogP contribution is -2.28. The molecule has 0 saturated heterocycles. The molecular weight excluding hydrogens is 246 g/mol. The van der Waals surface area contributed by atoms with Crippen LogP contribution >= 0.6 is 23.4 Å². The van der Waals surface area contributed by atoms with Crippen LogP contribution in [0.25, 0.3) is 0 Å². The lowest BCUT2D eigenvalue weighted by Gasteiger charge is -2.17. The first-order chi connectivity index (χ1) is 7.56. The zero-order valence-electron chi connectivity index (χ0n) is 9.53. The van der Waals surface area contributed by atoms with Gasteiger partial charge < -0.3 is 4.74 Å². The molecule has 1 aliphatic heterocycles. The Labute approximate surface area is 104 Å². The van der Waals surface area contributed by atoms with Crippen LogP contribution in [0.15, 0.2) is 11.2 Å². The summed E-state index contributed by atoms with van der Waals surface area (Å²) in [7, 11) is 3.51. The smallest absolute Gasteiger partial charge is 0.136 e. The summed E-state index contributed by atoms with van der Waals surface area (Å²) in [5, 5.41) is 5.70. The van der Waals surface area contributed by atoms with Gasteiger partial charge in [0.1, 0.15) is 10.2 Å². The van der Waals surface area contributed by atoms with E-state index in [2.05, 4.69) is 17.0 Å². The van der Waals surface area contributed by atoms with Gasteiger partial charge in [0.25, 0.3) is 0 Å². The number of thioether (sulfide) groups is 1. The molecule has 0 bridgehead atoms. The van der Waals surface area contributed by atoms with E-state index in [-0.39, 0.29) is 5.54 Å². The fourth-order valence-corrected chi connectivity index (χ4v) is 3.05. The van der Waals surface area contributed by atoms with Crippen molar-refractivity contribution in [2.75, 3.05) is 19.5 Å². The molecule has 6 heteroatoms. The van der Waals surface area contributed by atoms with Crippen LogP contribution in [0.4, 0.5) is 0 Å². The minimum absolute atomic E-state index is 0.145. The van der Waals surface area contributed by atoms with E-state index in [0.717, 1.165) is 16.4 Å². The lowest BCUT2D eigenvalue weighted by molar-refractivity contribution is 0.153. The number of rotatable bonds is 3. The van der Waals surface area contributed by atoms with Crippen LogP contribution in [0.2, 0.25) is 5.15 Å². The summed E-state index contributed by atoms with van der Waals surface area (Å²) in [6.07, 6.45) is 1.76. The first-order valence-electron chi connectivity index (χ1n) is 4.95. The highest BCUT2D eigenvalue weighted by Gasteiger charge is 2.32. The van der Waals surface area contributed by atoms with E-state index < -0.39 is 0 Å². The molecule has 0 aliphatic carbocycles. The Morgan fingerprint density at radius 1 is 1.69 bits per heavy atom. The first-order valence-corrected chi connectivity index (χ1v) is 6.31. The van der Waals surface area contributed by atoms with Crippen molar-refractivity contribution in [3.63, 3.8) is 0 Å². The third-order valence-electron chi connectivity index (χ3n) is 2.44. The molecule has 4 nitrogen and oxygen atoms in total. The molecule has 1 aromatic heterocycles. The Bertz CT molecular complexity index is 432.